The van der Waals surface area contributed by atoms with Gasteiger partial charge in [0.25, 0.3) is 14.3 Å². The minimum absolute atomic E-state index is 0.0696. The minimum Gasteiger partial charge on any atom is -0.519 e. The maximum absolute atomic E-state index is 11.7. The second kappa shape index (κ2) is 6.94. The molecule has 0 radical (unpaired) electrons. The van der Waals surface area contributed by atoms with Crippen molar-refractivity contribution in [2.45, 2.75) is 71.0 Å². The molecule has 0 aliphatic rings. The SMILES string of the molecule is CC(C)(C)[Si](C)(C)OC(=O)CCCCCC=O. The lowest BCUT2D eigenvalue weighted by atomic mass is 10.1. The summed E-state index contributed by atoms with van der Waals surface area (Å²) in [6.07, 6.45) is 4.61. The molecule has 0 amide bonds. The molecule has 3 nitrogen and oxygen atoms in total. The van der Waals surface area contributed by atoms with Crippen LogP contribution in [0.15, 0.2) is 0 Å². The highest BCUT2D eigenvalue weighted by atomic mass is 28.4. The van der Waals surface area contributed by atoms with E-state index in [0.29, 0.717) is 12.8 Å². The van der Waals surface area contributed by atoms with Crippen LogP contribution in [0.2, 0.25) is 18.1 Å². The molecule has 0 aliphatic heterocycles. The fraction of sp³-hybridized carbons (Fsp3) is 0.846. The highest BCUT2D eigenvalue weighted by Gasteiger charge is 2.40. The molecule has 0 fully saturated rings. The first kappa shape index (κ1) is 16.4. The summed E-state index contributed by atoms with van der Waals surface area (Å²) in [7, 11) is -1.95. The zero-order chi connectivity index (χ0) is 13.5. The Hall–Kier alpha value is -0.643. The molecule has 0 spiro atoms. The molecule has 100 valence electrons. The van der Waals surface area contributed by atoms with Crippen molar-refractivity contribution < 1.29 is 14.0 Å². The monoisotopic (exact) mass is 258 g/mol. The van der Waals surface area contributed by atoms with Gasteiger partial charge in [-0.1, -0.05) is 27.2 Å². The van der Waals surface area contributed by atoms with Gasteiger partial charge in [0, 0.05) is 12.8 Å². The third-order valence-corrected chi connectivity index (χ3v) is 7.73. The standard InChI is InChI=1S/C13H26O3Si/c1-13(2,3)17(4,5)16-12(15)10-8-6-7-9-11-14/h11H,6-10H2,1-5H3. The largest absolute Gasteiger partial charge is 0.519 e. The van der Waals surface area contributed by atoms with E-state index in [-0.39, 0.29) is 11.0 Å². The normalized spacial score (nSPS) is 12.3. The molecule has 0 saturated heterocycles. The average Bonchev–Trinajstić information content (AvgIpc) is 2.14. The van der Waals surface area contributed by atoms with Crippen LogP contribution >= 0.6 is 0 Å². The van der Waals surface area contributed by atoms with Crippen LogP contribution in [-0.2, 0) is 14.0 Å². The van der Waals surface area contributed by atoms with Crippen LogP contribution in [0.4, 0.5) is 0 Å². The Bertz CT molecular complexity index is 254. The zero-order valence-electron chi connectivity index (χ0n) is 11.8. The predicted molar refractivity (Wildman–Crippen MR) is 72.4 cm³/mol. The molecule has 0 N–H and O–H groups in total. The number of hydrogen-bond acceptors (Lipinski definition) is 3. The molecule has 0 aromatic rings. The van der Waals surface area contributed by atoms with Crippen LogP contribution in [-0.4, -0.2) is 20.6 Å². The van der Waals surface area contributed by atoms with Crippen molar-refractivity contribution in [1.29, 1.82) is 0 Å². The molecule has 0 bridgehead atoms. The zero-order valence-corrected chi connectivity index (χ0v) is 12.8. The summed E-state index contributed by atoms with van der Waals surface area (Å²) in [5.74, 6) is -0.0808. The Morgan fingerprint density at radius 3 is 2.24 bits per heavy atom. The van der Waals surface area contributed by atoms with Gasteiger partial charge in [-0.25, -0.2) is 0 Å². The van der Waals surface area contributed by atoms with E-state index in [0.717, 1.165) is 25.5 Å². The molecule has 0 aliphatic carbocycles. The summed E-state index contributed by atoms with van der Waals surface area (Å²) in [4.78, 5) is 21.8. The van der Waals surface area contributed by atoms with Crippen LogP contribution in [0, 0.1) is 0 Å². The van der Waals surface area contributed by atoms with Crippen LogP contribution in [0.5, 0.6) is 0 Å². The van der Waals surface area contributed by atoms with Gasteiger partial charge < -0.3 is 9.22 Å². The molecule has 0 atom stereocenters. The number of carbonyl (C=O) groups is 2. The lowest BCUT2D eigenvalue weighted by Gasteiger charge is -2.35. The van der Waals surface area contributed by atoms with Crippen molar-refractivity contribution >= 4 is 20.6 Å². The summed E-state index contributed by atoms with van der Waals surface area (Å²) >= 11 is 0. The third-order valence-electron chi connectivity index (χ3n) is 3.38. The van der Waals surface area contributed by atoms with Crippen LogP contribution in [0.25, 0.3) is 0 Å². The van der Waals surface area contributed by atoms with Gasteiger partial charge in [-0.05, 0) is 31.0 Å². The number of unbranched alkanes of at least 4 members (excludes halogenated alkanes) is 3. The topological polar surface area (TPSA) is 43.4 Å². The van der Waals surface area contributed by atoms with E-state index in [4.69, 9.17) is 4.43 Å². The summed E-state index contributed by atoms with van der Waals surface area (Å²) in [6, 6.07) is 0. The highest BCUT2D eigenvalue weighted by Crippen LogP contribution is 2.36. The lowest BCUT2D eigenvalue weighted by Crippen LogP contribution is -2.42. The van der Waals surface area contributed by atoms with E-state index in [1.807, 2.05) is 0 Å². The van der Waals surface area contributed by atoms with Gasteiger partial charge in [-0.3, -0.25) is 4.79 Å². The van der Waals surface area contributed by atoms with Gasteiger partial charge >= 0.3 is 0 Å². The maximum atomic E-state index is 11.7. The van der Waals surface area contributed by atoms with E-state index in [1.165, 1.54) is 0 Å². The molecule has 0 rings (SSSR count). The summed E-state index contributed by atoms with van der Waals surface area (Å²) in [5, 5.41) is 0.0696. The first-order valence-electron chi connectivity index (χ1n) is 6.36. The number of rotatable bonds is 7. The number of carbonyl (C=O) groups excluding carboxylic acids is 2. The molecule has 0 saturated carbocycles. The molecule has 17 heavy (non-hydrogen) atoms. The maximum Gasteiger partial charge on any atom is 0.292 e. The Balaban J connectivity index is 3.90. The molecule has 0 unspecified atom stereocenters. The van der Waals surface area contributed by atoms with Crippen molar-refractivity contribution in [2.24, 2.45) is 0 Å². The molecule has 4 heteroatoms. The third kappa shape index (κ3) is 6.61. The van der Waals surface area contributed by atoms with Crippen molar-refractivity contribution in [3.63, 3.8) is 0 Å². The van der Waals surface area contributed by atoms with Crippen LogP contribution < -0.4 is 0 Å². The Labute approximate surface area is 106 Å². The average molecular weight is 258 g/mol. The second-order valence-electron chi connectivity index (χ2n) is 6.00. The van der Waals surface area contributed by atoms with Crippen molar-refractivity contribution in [1.82, 2.24) is 0 Å². The van der Waals surface area contributed by atoms with Gasteiger partial charge in [0.15, 0.2) is 0 Å². The van der Waals surface area contributed by atoms with Gasteiger partial charge in [0.2, 0.25) is 0 Å². The highest BCUT2D eigenvalue weighted by molar-refractivity contribution is 6.75. The molecule has 0 heterocycles. The summed E-state index contributed by atoms with van der Waals surface area (Å²) < 4.78 is 5.64. The smallest absolute Gasteiger partial charge is 0.292 e. The molecule has 0 aromatic carbocycles. The molecular formula is C13H26O3Si. The second-order valence-corrected chi connectivity index (χ2v) is 10.7. The number of hydrogen-bond donors (Lipinski definition) is 0. The first-order chi connectivity index (χ1) is 7.70. The number of aldehydes is 1. The minimum atomic E-state index is -1.95. The Morgan fingerprint density at radius 1 is 1.18 bits per heavy atom. The Morgan fingerprint density at radius 2 is 1.76 bits per heavy atom. The van der Waals surface area contributed by atoms with E-state index in [1.54, 1.807) is 0 Å². The van der Waals surface area contributed by atoms with Gasteiger partial charge in [-0.15, -0.1) is 0 Å². The van der Waals surface area contributed by atoms with Gasteiger partial charge in [0.05, 0.1) is 0 Å². The summed E-state index contributed by atoms with van der Waals surface area (Å²) in [5.41, 5.74) is 0. The van der Waals surface area contributed by atoms with Crippen molar-refractivity contribution in [3.8, 4) is 0 Å². The van der Waals surface area contributed by atoms with Crippen molar-refractivity contribution in [3.05, 3.63) is 0 Å². The van der Waals surface area contributed by atoms with Gasteiger partial charge in [-0.2, -0.15) is 0 Å². The van der Waals surface area contributed by atoms with Crippen LogP contribution in [0.3, 0.4) is 0 Å². The summed E-state index contributed by atoms with van der Waals surface area (Å²) in [6.45, 7) is 10.5. The van der Waals surface area contributed by atoms with E-state index in [2.05, 4.69) is 33.9 Å². The van der Waals surface area contributed by atoms with E-state index >= 15 is 0 Å². The van der Waals surface area contributed by atoms with Crippen molar-refractivity contribution in [2.75, 3.05) is 0 Å². The fourth-order valence-electron chi connectivity index (χ4n) is 1.16. The predicted octanol–water partition coefficient (Wildman–Crippen LogP) is 3.68. The first-order valence-corrected chi connectivity index (χ1v) is 9.27. The quantitative estimate of drug-likeness (QED) is 0.397. The molecule has 0 aromatic heterocycles. The van der Waals surface area contributed by atoms with E-state index in [9.17, 15) is 9.59 Å². The molecular weight excluding hydrogens is 232 g/mol. The van der Waals surface area contributed by atoms with Gasteiger partial charge in [0.1, 0.15) is 6.29 Å². The lowest BCUT2D eigenvalue weighted by molar-refractivity contribution is -0.135. The fourth-order valence-corrected chi connectivity index (χ4v) is 2.14. The Kier molecular flexibility index (Phi) is 6.68. The van der Waals surface area contributed by atoms with E-state index < -0.39 is 8.32 Å². The van der Waals surface area contributed by atoms with Crippen LogP contribution in [0.1, 0.15) is 52.9 Å².